The first-order valence-corrected chi connectivity index (χ1v) is 18.1. The molecule has 13 nitrogen and oxygen atoms in total. The van der Waals surface area contributed by atoms with Gasteiger partial charge in [0.15, 0.2) is 5.82 Å². The maximum absolute atomic E-state index is 14.0. The van der Waals surface area contributed by atoms with Crippen molar-refractivity contribution in [2.24, 2.45) is 12.5 Å². The Hall–Kier alpha value is -4.82. The van der Waals surface area contributed by atoms with Gasteiger partial charge in [-0.3, -0.25) is 29.5 Å². The van der Waals surface area contributed by atoms with Gasteiger partial charge in [-0.1, -0.05) is 12.1 Å². The largest absolute Gasteiger partial charge is 0.474 e. The van der Waals surface area contributed by atoms with Crippen LogP contribution in [0.2, 0.25) is 0 Å². The number of anilines is 1. The number of amides is 2. The zero-order chi connectivity index (χ0) is 34.4. The van der Waals surface area contributed by atoms with E-state index in [4.69, 9.17) is 15.1 Å². The lowest BCUT2D eigenvalue weighted by Gasteiger charge is -2.28. The van der Waals surface area contributed by atoms with Gasteiger partial charge >= 0.3 is 0 Å². The number of hydrogen-bond donors (Lipinski definition) is 1. The van der Waals surface area contributed by atoms with Crippen LogP contribution in [-0.2, 0) is 16.6 Å². The SMILES string of the molecule is Cc1ccc(N2CC[C@]3(CCN(CC(=O)N4CC=C(c5ncc(-c6ncn(C)n6)s5)CC4)C3)C2=O)nc1C(=N)c1ccc(OC2CCC2)nc1. The highest BCUT2D eigenvalue weighted by molar-refractivity contribution is 7.16. The molecule has 1 spiro atoms. The first-order chi connectivity index (χ1) is 24.2. The molecule has 7 heterocycles. The molecule has 1 saturated carbocycles. The Morgan fingerprint density at radius 1 is 1.08 bits per heavy atom. The summed E-state index contributed by atoms with van der Waals surface area (Å²) in [6, 6.07) is 7.45. The summed E-state index contributed by atoms with van der Waals surface area (Å²) in [7, 11) is 1.84. The molecule has 1 aliphatic carbocycles. The Balaban J connectivity index is 0.873. The normalized spacial score (nSPS) is 21.2. The van der Waals surface area contributed by atoms with E-state index in [1.54, 1.807) is 33.4 Å². The summed E-state index contributed by atoms with van der Waals surface area (Å²) in [4.78, 5) is 52.2. The molecule has 50 heavy (non-hydrogen) atoms. The van der Waals surface area contributed by atoms with E-state index in [1.165, 1.54) is 6.42 Å². The fraction of sp³-hybridized carbons (Fsp3) is 0.444. The highest BCUT2D eigenvalue weighted by Gasteiger charge is 2.51. The van der Waals surface area contributed by atoms with Gasteiger partial charge in [-0.25, -0.2) is 19.9 Å². The minimum Gasteiger partial charge on any atom is -0.474 e. The van der Waals surface area contributed by atoms with Crippen LogP contribution in [-0.4, -0.2) is 102 Å². The van der Waals surface area contributed by atoms with E-state index in [2.05, 4.69) is 31.0 Å². The number of nitrogens with zero attached hydrogens (tertiary/aromatic N) is 9. The number of hydrogen-bond acceptors (Lipinski definition) is 11. The van der Waals surface area contributed by atoms with E-state index in [9.17, 15) is 9.59 Å². The maximum atomic E-state index is 14.0. The number of likely N-dealkylation sites (tertiary alicyclic amines) is 1. The van der Waals surface area contributed by atoms with Crippen molar-refractivity contribution in [2.75, 3.05) is 44.2 Å². The van der Waals surface area contributed by atoms with Crippen molar-refractivity contribution in [1.29, 1.82) is 5.41 Å². The number of carbonyl (C=O) groups excluding carboxylic acids is 2. The molecule has 14 heteroatoms. The van der Waals surface area contributed by atoms with Gasteiger partial charge in [0.05, 0.1) is 28.2 Å². The summed E-state index contributed by atoms with van der Waals surface area (Å²) in [5, 5.41) is 14.2. The van der Waals surface area contributed by atoms with Crippen LogP contribution in [0.3, 0.4) is 0 Å². The lowest BCUT2D eigenvalue weighted by atomic mass is 9.85. The van der Waals surface area contributed by atoms with E-state index >= 15 is 0 Å². The second-order valence-corrected chi connectivity index (χ2v) is 14.8. The molecule has 0 aromatic carbocycles. The predicted octanol–water partition coefficient (Wildman–Crippen LogP) is 4.13. The van der Waals surface area contributed by atoms with E-state index in [0.29, 0.717) is 80.9 Å². The Bertz CT molecular complexity index is 1980. The van der Waals surface area contributed by atoms with Crippen LogP contribution in [0.1, 0.15) is 60.4 Å². The van der Waals surface area contributed by atoms with Crippen molar-refractivity contribution in [3.8, 4) is 16.6 Å². The molecule has 4 aromatic rings. The fourth-order valence-electron chi connectivity index (χ4n) is 7.19. The number of carbonyl (C=O) groups is 2. The molecule has 8 rings (SSSR count). The van der Waals surface area contributed by atoms with Gasteiger partial charge in [0.25, 0.3) is 0 Å². The number of rotatable bonds is 9. The minimum absolute atomic E-state index is 0.0507. The number of aryl methyl sites for hydroxylation is 2. The van der Waals surface area contributed by atoms with Crippen LogP contribution in [0, 0.1) is 17.7 Å². The van der Waals surface area contributed by atoms with Gasteiger partial charge in [0, 0.05) is 57.3 Å². The van der Waals surface area contributed by atoms with Gasteiger partial charge in [0.1, 0.15) is 23.3 Å². The summed E-state index contributed by atoms with van der Waals surface area (Å²) in [6.07, 6.45) is 13.0. The zero-order valence-corrected chi connectivity index (χ0v) is 29.2. The van der Waals surface area contributed by atoms with Crippen molar-refractivity contribution < 1.29 is 14.3 Å². The van der Waals surface area contributed by atoms with Gasteiger partial charge in [-0.15, -0.1) is 11.3 Å². The fourth-order valence-corrected chi connectivity index (χ4v) is 8.11. The van der Waals surface area contributed by atoms with Crippen molar-refractivity contribution in [1.82, 2.24) is 39.5 Å². The zero-order valence-electron chi connectivity index (χ0n) is 28.3. The summed E-state index contributed by atoms with van der Waals surface area (Å²) < 4.78 is 7.55. The summed E-state index contributed by atoms with van der Waals surface area (Å²) in [5.41, 5.74) is 2.92. The van der Waals surface area contributed by atoms with E-state index in [-0.39, 0.29) is 23.6 Å². The Labute approximate surface area is 294 Å². The smallest absolute Gasteiger partial charge is 0.237 e. The average Bonchev–Trinajstić information content (AvgIpc) is 3.92. The van der Waals surface area contributed by atoms with Crippen LogP contribution < -0.4 is 9.64 Å². The molecule has 4 aliphatic rings. The molecule has 2 amide bonds. The second kappa shape index (κ2) is 13.1. The molecule has 0 bridgehead atoms. The lowest BCUT2D eigenvalue weighted by molar-refractivity contribution is -0.132. The van der Waals surface area contributed by atoms with Gasteiger partial charge < -0.3 is 9.64 Å². The summed E-state index contributed by atoms with van der Waals surface area (Å²) >= 11 is 1.57. The van der Waals surface area contributed by atoms with Crippen molar-refractivity contribution in [3.63, 3.8) is 0 Å². The van der Waals surface area contributed by atoms with Crippen LogP contribution in [0.4, 0.5) is 5.82 Å². The van der Waals surface area contributed by atoms with Gasteiger partial charge in [-0.2, -0.15) is 5.10 Å². The van der Waals surface area contributed by atoms with Crippen molar-refractivity contribution in [2.45, 2.75) is 51.6 Å². The minimum atomic E-state index is -0.527. The quantitative estimate of drug-likeness (QED) is 0.256. The molecule has 258 valence electrons. The monoisotopic (exact) mass is 692 g/mol. The van der Waals surface area contributed by atoms with Crippen LogP contribution >= 0.6 is 11.3 Å². The number of ether oxygens (including phenoxy) is 1. The van der Waals surface area contributed by atoms with E-state index in [0.717, 1.165) is 40.3 Å². The standard InChI is InChI=1S/C36H40N10O3S/c1-23-6-8-28(41-32(23)31(37)25-7-9-29(38-18-25)49-26-4-3-5-26)46-17-13-36(35(46)48)12-16-44(21-36)20-30(47)45-14-10-24(11-15-45)34-39-19-27(50-34)33-40-22-43(2)42-33/h6-10,18-19,22,26,37H,3-5,11-17,20-21H2,1-2H3/t36-/m0/s1. The van der Waals surface area contributed by atoms with Gasteiger partial charge in [0.2, 0.25) is 17.7 Å². The lowest BCUT2D eigenvalue weighted by Crippen LogP contribution is -2.43. The molecule has 4 aromatic heterocycles. The first kappa shape index (κ1) is 32.4. The topological polar surface area (TPSA) is 146 Å². The van der Waals surface area contributed by atoms with Crippen LogP contribution in [0.5, 0.6) is 5.88 Å². The molecular weight excluding hydrogens is 653 g/mol. The maximum Gasteiger partial charge on any atom is 0.237 e. The third-order valence-electron chi connectivity index (χ3n) is 10.4. The predicted molar refractivity (Wildman–Crippen MR) is 189 cm³/mol. The molecule has 0 unspecified atom stereocenters. The number of nitrogens with one attached hydrogen (secondary N) is 1. The third-order valence-corrected chi connectivity index (χ3v) is 11.5. The molecule has 3 fully saturated rings. The summed E-state index contributed by atoms with van der Waals surface area (Å²) in [5.74, 6) is 1.94. The highest BCUT2D eigenvalue weighted by Crippen LogP contribution is 2.42. The molecule has 2 saturated heterocycles. The first-order valence-electron chi connectivity index (χ1n) is 17.3. The van der Waals surface area contributed by atoms with Crippen molar-refractivity contribution in [3.05, 3.63) is 70.9 Å². The highest BCUT2D eigenvalue weighted by atomic mass is 32.1. The van der Waals surface area contributed by atoms with Gasteiger partial charge in [-0.05, 0) is 75.3 Å². The Morgan fingerprint density at radius 2 is 1.94 bits per heavy atom. The van der Waals surface area contributed by atoms with Crippen LogP contribution in [0.15, 0.2) is 49.1 Å². The molecule has 1 atom stereocenters. The molecular formula is C36H40N10O3S. The molecule has 1 N–H and O–H groups in total. The average molecular weight is 693 g/mol. The van der Waals surface area contributed by atoms with E-state index < -0.39 is 5.41 Å². The van der Waals surface area contributed by atoms with Crippen molar-refractivity contribution >= 4 is 40.3 Å². The number of aromatic nitrogens is 6. The summed E-state index contributed by atoms with van der Waals surface area (Å²) in [6.45, 7) is 5.23. The molecule has 0 radical (unpaired) electrons. The number of pyridine rings is 2. The number of thiazole rings is 1. The molecule has 3 aliphatic heterocycles. The Morgan fingerprint density at radius 3 is 2.66 bits per heavy atom. The second-order valence-electron chi connectivity index (χ2n) is 13.8. The third kappa shape index (κ3) is 6.22. The van der Waals surface area contributed by atoms with E-state index in [1.807, 2.05) is 49.3 Å². The van der Waals surface area contributed by atoms with Crippen LogP contribution in [0.25, 0.3) is 16.3 Å². The Kier molecular flexibility index (Phi) is 8.51.